The van der Waals surface area contributed by atoms with Gasteiger partial charge in [0.2, 0.25) is 5.91 Å². The molecule has 1 amide bonds. The number of piperidine rings is 1. The van der Waals surface area contributed by atoms with Crippen molar-refractivity contribution in [3.63, 3.8) is 0 Å². The average molecular weight is 289 g/mol. The van der Waals surface area contributed by atoms with Crippen LogP contribution in [0.5, 0.6) is 0 Å². The Hall–Kier alpha value is -1.39. The second-order valence-corrected chi connectivity index (χ2v) is 5.88. The quantitative estimate of drug-likeness (QED) is 0.846. The highest BCUT2D eigenvalue weighted by molar-refractivity contribution is 5.91. The molecule has 4 nitrogen and oxygen atoms in total. The van der Waals surface area contributed by atoms with Gasteiger partial charge in [0.25, 0.3) is 0 Å². The summed E-state index contributed by atoms with van der Waals surface area (Å²) in [5.74, 6) is 0.884. The van der Waals surface area contributed by atoms with E-state index in [-0.39, 0.29) is 5.91 Å². The van der Waals surface area contributed by atoms with Gasteiger partial charge in [-0.15, -0.1) is 0 Å². The van der Waals surface area contributed by atoms with Crippen LogP contribution in [0.1, 0.15) is 38.2 Å². The Bertz CT molecular complexity index is 461. The van der Waals surface area contributed by atoms with E-state index in [1.54, 1.807) is 0 Å². The van der Waals surface area contributed by atoms with Gasteiger partial charge < -0.3 is 16.0 Å². The van der Waals surface area contributed by atoms with E-state index in [1.165, 1.54) is 19.3 Å². The number of hydrogen-bond donors (Lipinski definition) is 2. The minimum absolute atomic E-state index is 0.0783. The lowest BCUT2D eigenvalue weighted by Crippen LogP contribution is -2.37. The predicted octanol–water partition coefficient (Wildman–Crippen LogP) is 2.60. The van der Waals surface area contributed by atoms with Crippen LogP contribution < -0.4 is 11.1 Å². The smallest absolute Gasteiger partial charge is 0.225 e. The third-order valence-corrected chi connectivity index (χ3v) is 4.35. The van der Waals surface area contributed by atoms with E-state index < -0.39 is 0 Å². The van der Waals surface area contributed by atoms with Crippen LogP contribution in [-0.4, -0.2) is 30.4 Å². The number of nitrogens with two attached hydrogens (primary N) is 1. The molecule has 21 heavy (non-hydrogen) atoms. The Balaban J connectivity index is 1.79. The molecule has 0 saturated carbocycles. The molecule has 116 valence electrons. The van der Waals surface area contributed by atoms with Crippen LogP contribution in [0.4, 0.5) is 5.69 Å². The monoisotopic (exact) mass is 289 g/mol. The van der Waals surface area contributed by atoms with Gasteiger partial charge in [-0.1, -0.05) is 31.5 Å². The maximum absolute atomic E-state index is 12.1. The normalized spacial score (nSPS) is 19.4. The molecule has 1 atom stereocenters. The molecule has 1 aliphatic rings. The first-order valence-electron chi connectivity index (χ1n) is 8.03. The minimum atomic E-state index is 0.0783. The van der Waals surface area contributed by atoms with Gasteiger partial charge in [-0.2, -0.15) is 0 Å². The van der Waals surface area contributed by atoms with Crippen LogP contribution in [0.2, 0.25) is 0 Å². The molecule has 1 fully saturated rings. The molecule has 3 N–H and O–H groups in total. The highest BCUT2D eigenvalue weighted by atomic mass is 16.1. The molecule has 1 heterocycles. The van der Waals surface area contributed by atoms with E-state index in [4.69, 9.17) is 5.73 Å². The second kappa shape index (κ2) is 8.15. The van der Waals surface area contributed by atoms with Gasteiger partial charge >= 0.3 is 0 Å². The molecule has 0 spiro atoms. The lowest BCUT2D eigenvalue weighted by Gasteiger charge is -2.32. The van der Waals surface area contributed by atoms with Gasteiger partial charge in [-0.05, 0) is 36.9 Å². The first-order valence-corrected chi connectivity index (χ1v) is 8.03. The van der Waals surface area contributed by atoms with E-state index in [0.717, 1.165) is 36.8 Å². The Kier molecular flexibility index (Phi) is 6.21. The van der Waals surface area contributed by atoms with Gasteiger partial charge in [-0.3, -0.25) is 4.79 Å². The number of likely N-dealkylation sites (tertiary alicyclic amines) is 1. The van der Waals surface area contributed by atoms with Crippen molar-refractivity contribution in [3.05, 3.63) is 29.8 Å². The van der Waals surface area contributed by atoms with Crippen molar-refractivity contribution in [2.45, 2.75) is 39.2 Å². The van der Waals surface area contributed by atoms with Crippen molar-refractivity contribution >= 4 is 11.6 Å². The molecule has 1 aromatic rings. The van der Waals surface area contributed by atoms with Crippen LogP contribution in [-0.2, 0) is 11.3 Å². The number of rotatable bonds is 6. The molecule has 1 aromatic carbocycles. The Morgan fingerprint density at radius 2 is 2.24 bits per heavy atom. The fourth-order valence-corrected chi connectivity index (χ4v) is 2.98. The molecule has 0 aromatic heterocycles. The number of carbonyl (C=O) groups excluding carboxylic acids is 1. The van der Waals surface area contributed by atoms with Gasteiger partial charge in [0.05, 0.1) is 0 Å². The highest BCUT2D eigenvalue weighted by Crippen LogP contribution is 2.19. The third kappa shape index (κ3) is 4.83. The Morgan fingerprint density at radius 1 is 1.43 bits per heavy atom. The summed E-state index contributed by atoms with van der Waals surface area (Å²) in [7, 11) is 0. The number of nitrogens with zero attached hydrogens (tertiary/aromatic N) is 1. The van der Waals surface area contributed by atoms with Gasteiger partial charge in [-0.25, -0.2) is 0 Å². The number of nitrogens with one attached hydrogen (secondary N) is 1. The molecule has 0 bridgehead atoms. The summed E-state index contributed by atoms with van der Waals surface area (Å²) in [5, 5.41) is 2.98. The molecule has 4 heteroatoms. The van der Waals surface area contributed by atoms with Gasteiger partial charge in [0.1, 0.15) is 0 Å². The largest absolute Gasteiger partial charge is 0.326 e. The molecule has 1 aliphatic heterocycles. The molecule has 2 rings (SSSR count). The van der Waals surface area contributed by atoms with Crippen molar-refractivity contribution in [1.29, 1.82) is 0 Å². The van der Waals surface area contributed by atoms with Crippen LogP contribution in [0, 0.1) is 5.92 Å². The van der Waals surface area contributed by atoms with E-state index >= 15 is 0 Å². The maximum atomic E-state index is 12.1. The number of amides is 1. The summed E-state index contributed by atoms with van der Waals surface area (Å²) in [4.78, 5) is 14.5. The average Bonchev–Trinajstić information content (AvgIpc) is 2.53. The standard InChI is InChI=1S/C17H27N3O/c1-2-14-6-5-10-20(13-14)11-9-17(21)19-16-8-4-3-7-15(16)12-18/h3-4,7-8,14H,2,5-6,9-13,18H2,1H3,(H,19,21). The number of hydrogen-bond acceptors (Lipinski definition) is 3. The molecule has 0 aliphatic carbocycles. The summed E-state index contributed by atoms with van der Waals surface area (Å²) >= 11 is 0. The van der Waals surface area contributed by atoms with Gasteiger partial charge in [0, 0.05) is 31.7 Å². The minimum Gasteiger partial charge on any atom is -0.326 e. The van der Waals surface area contributed by atoms with Crippen LogP contribution in [0.15, 0.2) is 24.3 Å². The van der Waals surface area contributed by atoms with Crippen LogP contribution in [0.25, 0.3) is 0 Å². The van der Waals surface area contributed by atoms with Crippen molar-refractivity contribution in [2.75, 3.05) is 25.0 Å². The summed E-state index contributed by atoms with van der Waals surface area (Å²) in [5.41, 5.74) is 7.51. The molecular formula is C17H27N3O. The zero-order valence-corrected chi connectivity index (χ0v) is 13.0. The SMILES string of the molecule is CCC1CCCN(CCC(=O)Nc2ccccc2CN)C1. The first-order chi connectivity index (χ1) is 10.2. The molecular weight excluding hydrogens is 262 g/mol. The fraction of sp³-hybridized carbons (Fsp3) is 0.588. The summed E-state index contributed by atoms with van der Waals surface area (Å²) < 4.78 is 0. The Labute approximate surface area is 127 Å². The Morgan fingerprint density at radius 3 is 3.00 bits per heavy atom. The van der Waals surface area contributed by atoms with Gasteiger partial charge in [0.15, 0.2) is 0 Å². The number of carbonyl (C=O) groups is 1. The second-order valence-electron chi connectivity index (χ2n) is 5.88. The number of para-hydroxylation sites is 1. The lowest BCUT2D eigenvalue weighted by atomic mass is 9.95. The van der Waals surface area contributed by atoms with E-state index in [9.17, 15) is 4.79 Å². The highest BCUT2D eigenvalue weighted by Gasteiger charge is 2.18. The third-order valence-electron chi connectivity index (χ3n) is 4.35. The molecule has 1 unspecified atom stereocenters. The van der Waals surface area contributed by atoms with Crippen molar-refractivity contribution in [2.24, 2.45) is 11.7 Å². The van der Waals surface area contributed by atoms with Crippen molar-refractivity contribution in [3.8, 4) is 0 Å². The maximum Gasteiger partial charge on any atom is 0.225 e. The first kappa shape index (κ1) is 16.0. The van der Waals surface area contributed by atoms with Crippen LogP contribution in [0.3, 0.4) is 0 Å². The number of benzene rings is 1. The van der Waals surface area contributed by atoms with Crippen molar-refractivity contribution < 1.29 is 4.79 Å². The topological polar surface area (TPSA) is 58.4 Å². The van der Waals surface area contributed by atoms with Crippen molar-refractivity contribution in [1.82, 2.24) is 4.90 Å². The zero-order valence-electron chi connectivity index (χ0n) is 13.0. The lowest BCUT2D eigenvalue weighted by molar-refractivity contribution is -0.116. The van der Waals surface area contributed by atoms with E-state index in [2.05, 4.69) is 17.1 Å². The zero-order chi connectivity index (χ0) is 15.1. The van der Waals surface area contributed by atoms with Crippen LogP contribution >= 0.6 is 0 Å². The summed E-state index contributed by atoms with van der Waals surface area (Å²) in [6, 6.07) is 7.72. The summed E-state index contributed by atoms with van der Waals surface area (Å²) in [6.45, 7) is 5.82. The van der Waals surface area contributed by atoms with E-state index in [1.807, 2.05) is 24.3 Å². The predicted molar refractivity (Wildman–Crippen MR) is 87.0 cm³/mol. The summed E-state index contributed by atoms with van der Waals surface area (Å²) in [6.07, 6.45) is 4.39. The molecule has 1 saturated heterocycles. The van der Waals surface area contributed by atoms with E-state index in [0.29, 0.717) is 13.0 Å². The fourth-order valence-electron chi connectivity index (χ4n) is 2.98. The number of anilines is 1. The molecule has 0 radical (unpaired) electrons.